The zero-order chi connectivity index (χ0) is 12.0. The molecule has 0 aromatic heterocycles. The van der Waals surface area contributed by atoms with Crippen LogP contribution >= 0.6 is 0 Å². The maximum atomic E-state index is 9.32. The number of hydrogen-bond donors (Lipinski definition) is 1. The summed E-state index contributed by atoms with van der Waals surface area (Å²) in [7, 11) is 0. The van der Waals surface area contributed by atoms with Crippen LogP contribution in [0.25, 0.3) is 0 Å². The van der Waals surface area contributed by atoms with Gasteiger partial charge in [-0.05, 0) is 51.9 Å². The minimum absolute atomic E-state index is 0.448. The van der Waals surface area contributed by atoms with Gasteiger partial charge in [-0.25, -0.2) is 0 Å². The average molecular weight is 236 g/mol. The number of likely N-dealkylation sites (tertiary alicyclic amines) is 1. The molecule has 2 aliphatic carbocycles. The summed E-state index contributed by atoms with van der Waals surface area (Å²) in [4.78, 5) is 2.66. The van der Waals surface area contributed by atoms with Crippen molar-refractivity contribution in [1.29, 1.82) is 0 Å². The first-order valence-electron chi connectivity index (χ1n) is 7.21. The monoisotopic (exact) mass is 236 g/mol. The van der Waals surface area contributed by atoms with Gasteiger partial charge in [-0.1, -0.05) is 11.6 Å². The predicted octanol–water partition coefficient (Wildman–Crippen LogP) is 2.88. The van der Waals surface area contributed by atoms with Crippen molar-refractivity contribution in [3.05, 3.63) is 0 Å². The molecule has 1 N–H and O–H groups in total. The normalized spacial score (nSPS) is 49.1. The summed E-state index contributed by atoms with van der Waals surface area (Å²) in [6.45, 7) is 4.69. The number of hydrogen-bond acceptors (Lipinski definition) is 3. The van der Waals surface area contributed by atoms with Crippen molar-refractivity contribution in [1.82, 2.24) is 4.90 Å². The van der Waals surface area contributed by atoms with E-state index in [1.807, 2.05) is 0 Å². The van der Waals surface area contributed by atoms with Crippen molar-refractivity contribution < 1.29 is 5.21 Å². The Kier molecular flexibility index (Phi) is 2.89. The lowest BCUT2D eigenvalue weighted by atomic mass is 9.86. The van der Waals surface area contributed by atoms with Crippen LogP contribution in [0.15, 0.2) is 5.16 Å². The second-order valence-electron chi connectivity index (χ2n) is 6.32. The van der Waals surface area contributed by atoms with Gasteiger partial charge in [0.15, 0.2) is 0 Å². The molecule has 96 valence electrons. The first-order chi connectivity index (χ1) is 8.22. The maximum absolute atomic E-state index is 9.32. The Balaban J connectivity index is 1.87. The lowest BCUT2D eigenvalue weighted by molar-refractivity contribution is 0.0602. The van der Waals surface area contributed by atoms with Gasteiger partial charge in [0.1, 0.15) is 0 Å². The highest BCUT2D eigenvalue weighted by atomic mass is 16.4. The lowest BCUT2D eigenvalue weighted by Gasteiger charge is -2.45. The topological polar surface area (TPSA) is 35.8 Å². The van der Waals surface area contributed by atoms with Gasteiger partial charge < -0.3 is 5.21 Å². The molecule has 2 bridgehead atoms. The molecule has 0 radical (unpaired) electrons. The molecule has 17 heavy (non-hydrogen) atoms. The smallest absolute Gasteiger partial charge is 0.0775 e. The predicted molar refractivity (Wildman–Crippen MR) is 68.5 cm³/mol. The van der Waals surface area contributed by atoms with Gasteiger partial charge >= 0.3 is 0 Å². The van der Waals surface area contributed by atoms with E-state index in [2.05, 4.69) is 23.9 Å². The van der Waals surface area contributed by atoms with Gasteiger partial charge in [-0.15, -0.1) is 0 Å². The van der Waals surface area contributed by atoms with Crippen LogP contribution in [0, 0.1) is 11.8 Å². The van der Waals surface area contributed by atoms with E-state index < -0.39 is 0 Å². The molecule has 3 heteroatoms. The summed E-state index contributed by atoms with van der Waals surface area (Å²) in [5.41, 5.74) is 1.10. The zero-order valence-electron chi connectivity index (χ0n) is 11.0. The largest absolute Gasteiger partial charge is 0.411 e. The van der Waals surface area contributed by atoms with E-state index in [0.717, 1.165) is 11.6 Å². The Morgan fingerprint density at radius 2 is 1.82 bits per heavy atom. The Morgan fingerprint density at radius 3 is 2.47 bits per heavy atom. The Labute approximate surface area is 104 Å². The average Bonchev–Trinajstić information content (AvgIpc) is 2.89. The fraction of sp³-hybridized carbons (Fsp3) is 0.929. The van der Waals surface area contributed by atoms with Gasteiger partial charge in [0.05, 0.1) is 11.8 Å². The second-order valence-corrected chi connectivity index (χ2v) is 6.32. The Morgan fingerprint density at radius 1 is 1.12 bits per heavy atom. The molecular weight excluding hydrogens is 212 g/mol. The zero-order valence-corrected chi connectivity index (χ0v) is 11.0. The van der Waals surface area contributed by atoms with Crippen molar-refractivity contribution >= 4 is 5.71 Å². The van der Waals surface area contributed by atoms with Crippen LogP contribution in [0.4, 0.5) is 0 Å². The Bertz CT molecular complexity index is 318. The molecule has 1 saturated heterocycles. The summed E-state index contributed by atoms with van der Waals surface area (Å²) < 4.78 is 0. The molecule has 1 heterocycles. The van der Waals surface area contributed by atoms with E-state index in [1.165, 1.54) is 38.5 Å². The molecule has 3 fully saturated rings. The number of fused-ring (bicyclic) bond motifs is 2. The number of rotatable bonds is 1. The van der Waals surface area contributed by atoms with Crippen LogP contribution in [0.2, 0.25) is 0 Å². The van der Waals surface area contributed by atoms with Gasteiger partial charge in [0.25, 0.3) is 0 Å². The quantitative estimate of drug-likeness (QED) is 0.561. The molecular formula is C14H24N2O. The van der Waals surface area contributed by atoms with E-state index >= 15 is 0 Å². The number of nitrogens with zero attached hydrogens (tertiary/aromatic N) is 2. The lowest BCUT2D eigenvalue weighted by Crippen LogP contribution is -2.55. The van der Waals surface area contributed by atoms with Crippen molar-refractivity contribution in [3.63, 3.8) is 0 Å². The molecule has 0 aromatic carbocycles. The fourth-order valence-electron chi connectivity index (χ4n) is 4.58. The van der Waals surface area contributed by atoms with Gasteiger partial charge in [0.2, 0.25) is 0 Å². The number of oxime groups is 1. The highest BCUT2D eigenvalue weighted by Gasteiger charge is 2.50. The SMILES string of the molecule is CC1CCCC(C)N1C1C(=NO)C2CCC1C2. The third-order valence-corrected chi connectivity index (χ3v) is 5.34. The van der Waals surface area contributed by atoms with E-state index in [1.54, 1.807) is 0 Å². The minimum Gasteiger partial charge on any atom is -0.411 e. The van der Waals surface area contributed by atoms with Gasteiger partial charge in [0, 0.05) is 18.0 Å². The van der Waals surface area contributed by atoms with Crippen LogP contribution in [-0.2, 0) is 0 Å². The molecule has 5 unspecified atom stereocenters. The molecule has 1 aliphatic heterocycles. The highest BCUT2D eigenvalue weighted by molar-refractivity contribution is 5.94. The van der Waals surface area contributed by atoms with Crippen LogP contribution in [0.1, 0.15) is 52.4 Å². The van der Waals surface area contributed by atoms with Gasteiger partial charge in [-0.3, -0.25) is 4.90 Å². The van der Waals surface area contributed by atoms with E-state index in [0.29, 0.717) is 24.0 Å². The van der Waals surface area contributed by atoms with Crippen molar-refractivity contribution in [2.45, 2.75) is 70.5 Å². The van der Waals surface area contributed by atoms with Crippen LogP contribution in [0.3, 0.4) is 0 Å². The third kappa shape index (κ3) is 1.70. The summed E-state index contributed by atoms with van der Waals surface area (Å²) in [6.07, 6.45) is 7.81. The maximum Gasteiger partial charge on any atom is 0.0775 e. The van der Waals surface area contributed by atoms with Crippen molar-refractivity contribution in [3.8, 4) is 0 Å². The van der Waals surface area contributed by atoms with Crippen LogP contribution in [-0.4, -0.2) is 33.9 Å². The first kappa shape index (κ1) is 11.5. The molecule has 3 rings (SSSR count). The fourth-order valence-corrected chi connectivity index (χ4v) is 4.58. The van der Waals surface area contributed by atoms with E-state index in [-0.39, 0.29) is 0 Å². The summed E-state index contributed by atoms with van der Waals surface area (Å²) in [6, 6.07) is 1.75. The van der Waals surface area contributed by atoms with Gasteiger partial charge in [-0.2, -0.15) is 0 Å². The standard InChI is InChI=1S/C14H24N2O/c1-9-4-3-5-10(2)16(9)14-12-7-6-11(8-12)13(14)15-17/h9-12,14,17H,3-8H2,1-2H3. The van der Waals surface area contributed by atoms with E-state index in [9.17, 15) is 5.21 Å². The number of piperidine rings is 1. The highest BCUT2D eigenvalue weighted by Crippen LogP contribution is 2.47. The second kappa shape index (κ2) is 4.27. The first-order valence-corrected chi connectivity index (χ1v) is 7.21. The molecule has 0 aromatic rings. The van der Waals surface area contributed by atoms with Crippen LogP contribution < -0.4 is 0 Å². The van der Waals surface area contributed by atoms with E-state index in [4.69, 9.17) is 0 Å². The summed E-state index contributed by atoms with van der Waals surface area (Å²) >= 11 is 0. The Hall–Kier alpha value is -0.570. The van der Waals surface area contributed by atoms with Crippen molar-refractivity contribution in [2.24, 2.45) is 17.0 Å². The molecule has 5 atom stereocenters. The van der Waals surface area contributed by atoms with Crippen LogP contribution in [0.5, 0.6) is 0 Å². The summed E-state index contributed by atoms with van der Waals surface area (Å²) in [5, 5.41) is 13.0. The van der Waals surface area contributed by atoms with Crippen molar-refractivity contribution in [2.75, 3.05) is 0 Å². The molecule has 0 amide bonds. The molecule has 2 saturated carbocycles. The third-order valence-electron chi connectivity index (χ3n) is 5.34. The molecule has 0 spiro atoms. The minimum atomic E-state index is 0.448. The molecule has 3 nitrogen and oxygen atoms in total. The summed E-state index contributed by atoms with van der Waals surface area (Å²) in [5.74, 6) is 1.34. The molecule has 3 aliphatic rings.